The largest absolute Gasteiger partial charge is 0.341 e. The average Bonchev–Trinajstić information content (AvgIpc) is 3.43. The molecule has 0 spiro atoms. The Balaban J connectivity index is 1.25. The Kier molecular flexibility index (Phi) is 4.91. The van der Waals surface area contributed by atoms with Crippen LogP contribution in [0.15, 0.2) is 64.4 Å². The van der Waals surface area contributed by atoms with Gasteiger partial charge in [0.15, 0.2) is 17.3 Å². The standard InChI is InChI=1S/C23H20FN7OS/c24-16-4-3-5-17(14-16)25-21-20-18(9-13-33(20)32)26-23(27-21)30-11-7-15(8-12-30)22-29-28-19-6-1-2-10-31(19)22/h1-2,5-6,10,14-15H,7-9,11-13H2,(H,25,26,27). The van der Waals surface area contributed by atoms with Gasteiger partial charge in [0.05, 0.1) is 22.2 Å². The summed E-state index contributed by atoms with van der Waals surface area (Å²) in [5.74, 6) is 2.36. The quantitative estimate of drug-likeness (QED) is 0.598. The van der Waals surface area contributed by atoms with Crippen molar-refractivity contribution >= 4 is 28.2 Å². The highest BCUT2D eigenvalue weighted by atomic mass is 32.2. The molecule has 1 fully saturated rings. The van der Waals surface area contributed by atoms with E-state index in [1.165, 1.54) is 6.08 Å². The van der Waals surface area contributed by atoms with Gasteiger partial charge in [-0.25, -0.2) is 4.98 Å². The first-order chi connectivity index (χ1) is 16.2. The van der Waals surface area contributed by atoms with Crippen LogP contribution in [0.1, 0.15) is 30.3 Å². The highest BCUT2D eigenvalue weighted by Crippen LogP contribution is 2.33. The minimum atomic E-state index is -1.18. The number of fused-ring (bicyclic) bond motifs is 2. The zero-order valence-corrected chi connectivity index (χ0v) is 18.5. The van der Waals surface area contributed by atoms with E-state index in [-0.39, 0.29) is 0 Å². The molecule has 1 unspecified atom stereocenters. The van der Waals surface area contributed by atoms with Gasteiger partial charge in [0.2, 0.25) is 5.95 Å². The first-order valence-corrected chi connectivity index (χ1v) is 12.2. The van der Waals surface area contributed by atoms with Crippen LogP contribution in [0.2, 0.25) is 0 Å². The van der Waals surface area contributed by atoms with E-state index in [1.54, 1.807) is 6.08 Å². The van der Waals surface area contributed by atoms with Gasteiger partial charge in [-0.15, -0.1) is 10.2 Å². The molecular weight excluding hydrogens is 441 g/mol. The Labute approximate surface area is 191 Å². The minimum Gasteiger partial charge on any atom is -0.341 e. The van der Waals surface area contributed by atoms with Crippen molar-refractivity contribution in [3.8, 4) is 0 Å². The molecule has 0 aromatic carbocycles. The van der Waals surface area contributed by atoms with Crippen LogP contribution in [0.25, 0.3) is 5.65 Å². The molecule has 1 N–H and O–H groups in total. The van der Waals surface area contributed by atoms with Crippen molar-refractivity contribution in [1.29, 1.82) is 0 Å². The molecule has 33 heavy (non-hydrogen) atoms. The Morgan fingerprint density at radius 3 is 2.91 bits per heavy atom. The maximum atomic E-state index is 13.6. The second-order valence-electron chi connectivity index (χ2n) is 8.18. The van der Waals surface area contributed by atoms with Gasteiger partial charge in [0.1, 0.15) is 10.7 Å². The van der Waals surface area contributed by atoms with E-state index in [1.807, 2.05) is 24.4 Å². The number of pyridine rings is 1. The van der Waals surface area contributed by atoms with Gasteiger partial charge in [-0.3, -0.25) is 8.61 Å². The lowest BCUT2D eigenvalue weighted by molar-refractivity contribution is 0.477. The molecule has 3 aromatic heterocycles. The van der Waals surface area contributed by atoms with Crippen molar-refractivity contribution < 1.29 is 8.60 Å². The fraction of sp³-hybridized carbons (Fsp3) is 0.304. The molecule has 0 radical (unpaired) electrons. The first-order valence-electron chi connectivity index (χ1n) is 10.9. The van der Waals surface area contributed by atoms with Crippen LogP contribution in [0.3, 0.4) is 0 Å². The van der Waals surface area contributed by atoms with E-state index in [4.69, 9.17) is 9.97 Å². The van der Waals surface area contributed by atoms with Crippen LogP contribution in [0.4, 0.5) is 16.2 Å². The van der Waals surface area contributed by atoms with E-state index >= 15 is 0 Å². The smallest absolute Gasteiger partial charge is 0.227 e. The van der Waals surface area contributed by atoms with Crippen molar-refractivity contribution in [1.82, 2.24) is 24.6 Å². The summed E-state index contributed by atoms with van der Waals surface area (Å²) >= 11 is 0. The van der Waals surface area contributed by atoms with Gasteiger partial charge < -0.3 is 10.2 Å². The Morgan fingerprint density at radius 1 is 1.18 bits per heavy atom. The SMILES string of the molecule is O=S1CCc2nc(N3CCC(c4nnc5ccccn45)CC3)nc(NC3=CC(F)=C=C=C3)c21. The van der Waals surface area contributed by atoms with E-state index in [9.17, 15) is 8.60 Å². The molecule has 3 aliphatic rings. The highest BCUT2D eigenvalue weighted by Gasteiger charge is 2.30. The summed E-state index contributed by atoms with van der Waals surface area (Å²) in [6.45, 7) is 1.55. The minimum absolute atomic E-state index is 0.303. The van der Waals surface area contributed by atoms with Gasteiger partial charge in [-0.2, -0.15) is 9.37 Å². The lowest BCUT2D eigenvalue weighted by atomic mass is 9.96. The number of aromatic nitrogens is 5. The van der Waals surface area contributed by atoms with Gasteiger partial charge in [0.25, 0.3) is 0 Å². The number of rotatable bonds is 4. The average molecular weight is 462 g/mol. The third kappa shape index (κ3) is 3.68. The molecule has 0 bridgehead atoms. The lowest BCUT2D eigenvalue weighted by Gasteiger charge is -2.31. The molecule has 5 heterocycles. The number of hydrogen-bond acceptors (Lipinski definition) is 7. The third-order valence-electron chi connectivity index (χ3n) is 6.12. The van der Waals surface area contributed by atoms with Crippen molar-refractivity contribution in [2.45, 2.75) is 30.1 Å². The molecule has 2 aliphatic heterocycles. The number of nitrogens with one attached hydrogen (secondary N) is 1. The number of piperidine rings is 1. The molecule has 6 rings (SSSR count). The molecule has 1 aliphatic carbocycles. The number of aryl methyl sites for hydroxylation is 1. The van der Waals surface area contributed by atoms with Gasteiger partial charge in [0, 0.05) is 49.5 Å². The van der Waals surface area contributed by atoms with Crippen LogP contribution in [-0.4, -0.2) is 47.6 Å². The van der Waals surface area contributed by atoms with E-state index in [2.05, 4.69) is 36.3 Å². The van der Waals surface area contributed by atoms with Crippen molar-refractivity contribution in [2.24, 2.45) is 0 Å². The molecule has 1 atom stereocenters. The fourth-order valence-electron chi connectivity index (χ4n) is 4.49. The van der Waals surface area contributed by atoms with Crippen LogP contribution in [0, 0.1) is 0 Å². The van der Waals surface area contributed by atoms with Gasteiger partial charge in [-0.1, -0.05) is 11.8 Å². The Morgan fingerprint density at radius 2 is 2.06 bits per heavy atom. The molecule has 3 aromatic rings. The maximum Gasteiger partial charge on any atom is 0.227 e. The lowest BCUT2D eigenvalue weighted by Crippen LogP contribution is -2.35. The Hall–Kier alpha value is -3.58. The molecule has 10 heteroatoms. The fourth-order valence-corrected chi connectivity index (χ4v) is 5.80. The molecule has 0 amide bonds. The summed E-state index contributed by atoms with van der Waals surface area (Å²) in [6, 6.07) is 5.90. The van der Waals surface area contributed by atoms with Crippen molar-refractivity contribution in [2.75, 3.05) is 29.1 Å². The predicted octanol–water partition coefficient (Wildman–Crippen LogP) is 3.04. The molecule has 1 saturated heterocycles. The summed E-state index contributed by atoms with van der Waals surface area (Å²) in [6.07, 6.45) is 7.34. The van der Waals surface area contributed by atoms with Gasteiger partial charge in [-0.05, 0) is 30.7 Å². The summed E-state index contributed by atoms with van der Waals surface area (Å²) in [5, 5.41) is 11.8. The highest BCUT2D eigenvalue weighted by molar-refractivity contribution is 7.85. The summed E-state index contributed by atoms with van der Waals surface area (Å²) in [5.41, 5.74) is 7.13. The Bertz CT molecular complexity index is 1420. The number of hydrogen-bond donors (Lipinski definition) is 1. The van der Waals surface area contributed by atoms with Crippen LogP contribution in [-0.2, 0) is 17.2 Å². The molecular formula is C23H20FN7OS. The second kappa shape index (κ2) is 8.08. The zero-order valence-electron chi connectivity index (χ0n) is 17.7. The summed E-state index contributed by atoms with van der Waals surface area (Å²) in [7, 11) is -1.18. The second-order valence-corrected chi connectivity index (χ2v) is 9.69. The monoisotopic (exact) mass is 461 g/mol. The molecule has 166 valence electrons. The van der Waals surface area contributed by atoms with E-state index in [0.29, 0.717) is 40.5 Å². The zero-order chi connectivity index (χ0) is 22.4. The molecule has 8 nitrogen and oxygen atoms in total. The normalized spacial score (nSPS) is 20.2. The van der Waals surface area contributed by atoms with E-state index < -0.39 is 16.6 Å². The third-order valence-corrected chi connectivity index (χ3v) is 7.58. The maximum absolute atomic E-state index is 13.6. The number of nitrogens with zero attached hydrogens (tertiary/aromatic N) is 6. The van der Waals surface area contributed by atoms with Crippen molar-refractivity contribution in [3.63, 3.8) is 0 Å². The van der Waals surface area contributed by atoms with E-state index in [0.717, 1.165) is 43.1 Å². The van der Waals surface area contributed by atoms with Crippen LogP contribution < -0.4 is 10.2 Å². The summed E-state index contributed by atoms with van der Waals surface area (Å²) in [4.78, 5) is 12.2. The van der Waals surface area contributed by atoms with Crippen LogP contribution >= 0.6 is 0 Å². The molecule has 0 saturated carbocycles. The van der Waals surface area contributed by atoms with Gasteiger partial charge >= 0.3 is 0 Å². The van der Waals surface area contributed by atoms with Crippen molar-refractivity contribution in [3.05, 3.63) is 71.1 Å². The number of anilines is 2. The van der Waals surface area contributed by atoms with Crippen LogP contribution in [0.5, 0.6) is 0 Å². The predicted molar refractivity (Wildman–Crippen MR) is 122 cm³/mol. The first kappa shape index (κ1) is 20.1. The number of allylic oxidation sites excluding steroid dienone is 3. The summed E-state index contributed by atoms with van der Waals surface area (Å²) < 4.78 is 28.2. The topological polar surface area (TPSA) is 88.3 Å². The number of halogens is 1.